The van der Waals surface area contributed by atoms with Gasteiger partial charge in [0, 0.05) is 55.9 Å². The van der Waals surface area contributed by atoms with Gasteiger partial charge in [-0.25, -0.2) is 9.97 Å². The summed E-state index contributed by atoms with van der Waals surface area (Å²) in [6, 6.07) is 2.32. The van der Waals surface area contributed by atoms with E-state index in [1.54, 1.807) is 18.5 Å². The number of anilines is 1. The number of nitrogens with one attached hydrogen (secondary N) is 1. The van der Waals surface area contributed by atoms with Crippen molar-refractivity contribution in [1.29, 1.82) is 5.26 Å². The Labute approximate surface area is 174 Å². The molecular weight excluding hydrogens is 382 g/mol. The van der Waals surface area contributed by atoms with Crippen LogP contribution >= 0.6 is 0 Å². The summed E-state index contributed by atoms with van der Waals surface area (Å²) in [4.78, 5) is 40.1. The summed E-state index contributed by atoms with van der Waals surface area (Å²) in [5.41, 5.74) is 7.25. The van der Waals surface area contributed by atoms with E-state index >= 15 is 0 Å². The summed E-state index contributed by atoms with van der Waals surface area (Å²) < 4.78 is 0. The second-order valence-electron chi connectivity index (χ2n) is 7.90. The van der Waals surface area contributed by atoms with Crippen molar-refractivity contribution in [3.05, 3.63) is 24.0 Å². The van der Waals surface area contributed by atoms with Crippen LogP contribution in [0.25, 0.3) is 17.2 Å². The number of fused-ring (bicyclic) bond motifs is 1. The Morgan fingerprint density at radius 3 is 2.60 bits per heavy atom. The smallest absolute Gasteiger partial charge is 0.241 e. The number of rotatable bonds is 4. The fourth-order valence-electron chi connectivity index (χ4n) is 4.24. The zero-order valence-corrected chi connectivity index (χ0v) is 16.8. The predicted octanol–water partition coefficient (Wildman–Crippen LogP) is 1.43. The summed E-state index contributed by atoms with van der Waals surface area (Å²) >= 11 is 0. The van der Waals surface area contributed by atoms with Crippen molar-refractivity contribution in [2.75, 3.05) is 31.1 Å². The first kappa shape index (κ1) is 19.9. The molecule has 1 saturated carbocycles. The molecule has 2 aromatic rings. The van der Waals surface area contributed by atoms with Crippen LogP contribution < -0.4 is 10.6 Å². The molecule has 2 aliphatic rings. The lowest BCUT2D eigenvalue weighted by Gasteiger charge is -2.37. The number of carbonyl (C=O) groups is 2. The molecule has 3 heterocycles. The summed E-state index contributed by atoms with van der Waals surface area (Å²) in [6.45, 7) is 2.68. The van der Waals surface area contributed by atoms with Gasteiger partial charge in [0.25, 0.3) is 0 Å². The van der Waals surface area contributed by atoms with Crippen molar-refractivity contribution in [2.45, 2.75) is 25.7 Å². The lowest BCUT2D eigenvalue weighted by Crippen LogP contribution is -2.51. The first-order valence-electron chi connectivity index (χ1n) is 10.3. The lowest BCUT2D eigenvalue weighted by molar-refractivity contribution is -0.137. The Morgan fingerprint density at radius 1 is 1.20 bits per heavy atom. The molecule has 2 amide bonds. The van der Waals surface area contributed by atoms with E-state index in [-0.39, 0.29) is 17.7 Å². The van der Waals surface area contributed by atoms with Gasteiger partial charge in [0.15, 0.2) is 5.65 Å². The second-order valence-corrected chi connectivity index (χ2v) is 7.90. The van der Waals surface area contributed by atoms with Crippen LogP contribution in [0.15, 0.2) is 18.5 Å². The summed E-state index contributed by atoms with van der Waals surface area (Å²) in [5, 5.41) is 9.04. The van der Waals surface area contributed by atoms with Gasteiger partial charge in [0.2, 0.25) is 11.8 Å². The topological polar surface area (TPSA) is 132 Å². The molecule has 2 aromatic heterocycles. The molecule has 0 unspecified atom stereocenters. The van der Waals surface area contributed by atoms with Gasteiger partial charge in [-0.3, -0.25) is 9.59 Å². The van der Waals surface area contributed by atoms with Crippen LogP contribution in [0.2, 0.25) is 0 Å². The van der Waals surface area contributed by atoms with Crippen molar-refractivity contribution in [2.24, 2.45) is 17.6 Å². The fraction of sp³-hybridized carbons (Fsp3) is 0.476. The number of carbonyl (C=O) groups excluding carboxylic acids is 2. The molecule has 1 aliphatic carbocycles. The van der Waals surface area contributed by atoms with Crippen LogP contribution in [-0.2, 0) is 9.59 Å². The quantitative estimate of drug-likeness (QED) is 0.737. The van der Waals surface area contributed by atoms with Crippen molar-refractivity contribution in [3.63, 3.8) is 0 Å². The normalized spacial score (nSPS) is 22.4. The van der Waals surface area contributed by atoms with Crippen molar-refractivity contribution < 1.29 is 9.59 Å². The SMILES string of the molecule is N#CC1CCC(C(=O)N2CCN(c3cnc4[nH]cc(C=CC(N)=O)c4n3)CC2)CC1. The van der Waals surface area contributed by atoms with E-state index < -0.39 is 5.91 Å². The minimum atomic E-state index is -0.518. The maximum atomic E-state index is 12.9. The number of H-pyrrole nitrogens is 1. The molecule has 9 heteroatoms. The zero-order chi connectivity index (χ0) is 21.1. The number of hydrogen-bond donors (Lipinski definition) is 2. The van der Waals surface area contributed by atoms with Crippen LogP contribution in [0.1, 0.15) is 31.2 Å². The molecule has 0 radical (unpaired) electrons. The molecule has 3 N–H and O–H groups in total. The molecule has 156 valence electrons. The largest absolute Gasteiger partial charge is 0.366 e. The van der Waals surface area contributed by atoms with E-state index in [1.807, 2.05) is 4.90 Å². The van der Waals surface area contributed by atoms with Crippen LogP contribution in [-0.4, -0.2) is 57.8 Å². The van der Waals surface area contributed by atoms with Gasteiger partial charge in [0.1, 0.15) is 11.3 Å². The fourth-order valence-corrected chi connectivity index (χ4v) is 4.24. The van der Waals surface area contributed by atoms with Crippen LogP contribution in [0.3, 0.4) is 0 Å². The number of nitrogens with zero attached hydrogens (tertiary/aromatic N) is 5. The molecular formula is C21H25N7O2. The van der Waals surface area contributed by atoms with Crippen molar-refractivity contribution in [1.82, 2.24) is 19.9 Å². The third-order valence-corrected chi connectivity index (χ3v) is 6.00. The maximum Gasteiger partial charge on any atom is 0.241 e. The minimum Gasteiger partial charge on any atom is -0.366 e. The number of nitrogens with two attached hydrogens (primary N) is 1. The monoisotopic (exact) mass is 407 g/mol. The number of nitriles is 1. The Bertz CT molecular complexity index is 1010. The van der Waals surface area contributed by atoms with Gasteiger partial charge in [-0.15, -0.1) is 0 Å². The highest BCUT2D eigenvalue weighted by atomic mass is 16.2. The Morgan fingerprint density at radius 2 is 1.93 bits per heavy atom. The number of aromatic nitrogens is 3. The Kier molecular flexibility index (Phi) is 5.65. The third kappa shape index (κ3) is 4.13. The number of piperazine rings is 1. The third-order valence-electron chi connectivity index (χ3n) is 6.00. The Balaban J connectivity index is 1.40. The lowest BCUT2D eigenvalue weighted by atomic mass is 9.82. The molecule has 0 aromatic carbocycles. The molecule has 0 atom stereocenters. The van der Waals surface area contributed by atoms with Gasteiger partial charge >= 0.3 is 0 Å². The molecule has 9 nitrogen and oxygen atoms in total. The molecule has 4 rings (SSSR count). The number of primary amides is 1. The highest BCUT2D eigenvalue weighted by molar-refractivity contribution is 5.93. The highest BCUT2D eigenvalue weighted by Gasteiger charge is 2.31. The molecule has 1 saturated heterocycles. The van der Waals surface area contributed by atoms with Crippen molar-refractivity contribution >= 4 is 34.9 Å². The minimum absolute atomic E-state index is 0.0525. The predicted molar refractivity (Wildman–Crippen MR) is 112 cm³/mol. The van der Waals surface area contributed by atoms with E-state index in [0.29, 0.717) is 37.3 Å². The van der Waals surface area contributed by atoms with E-state index in [9.17, 15) is 9.59 Å². The van der Waals surface area contributed by atoms with Gasteiger partial charge < -0.3 is 20.5 Å². The second kappa shape index (κ2) is 8.53. The number of aromatic amines is 1. The van der Waals surface area contributed by atoms with E-state index in [4.69, 9.17) is 16.0 Å². The molecule has 30 heavy (non-hydrogen) atoms. The first-order chi connectivity index (χ1) is 14.5. The van der Waals surface area contributed by atoms with Crippen LogP contribution in [0.5, 0.6) is 0 Å². The molecule has 0 spiro atoms. The summed E-state index contributed by atoms with van der Waals surface area (Å²) in [6.07, 6.45) is 9.66. The molecule has 2 fully saturated rings. The van der Waals surface area contributed by atoms with E-state index in [1.165, 1.54) is 6.08 Å². The first-order valence-corrected chi connectivity index (χ1v) is 10.3. The standard InChI is InChI=1S/C21H25N7O2/c22-11-14-1-3-15(4-2-14)21(30)28-9-7-27(8-10-28)18-13-25-20-19(26-18)16(12-24-20)5-6-17(23)29/h5-6,12-15H,1-4,7-10H2,(H2,23,29)(H,24,25). The van der Waals surface area contributed by atoms with Crippen molar-refractivity contribution in [3.8, 4) is 6.07 Å². The maximum absolute atomic E-state index is 12.9. The molecule has 0 bridgehead atoms. The van der Waals surface area contributed by atoms with Gasteiger partial charge in [-0.1, -0.05) is 0 Å². The van der Waals surface area contributed by atoms with Crippen LogP contribution in [0, 0.1) is 23.2 Å². The van der Waals surface area contributed by atoms with Gasteiger partial charge in [-0.05, 0) is 31.8 Å². The van der Waals surface area contributed by atoms with E-state index in [0.717, 1.165) is 37.1 Å². The molecule has 1 aliphatic heterocycles. The van der Waals surface area contributed by atoms with Gasteiger partial charge in [-0.2, -0.15) is 5.26 Å². The Hall–Kier alpha value is -3.41. The van der Waals surface area contributed by atoms with Crippen LogP contribution in [0.4, 0.5) is 5.82 Å². The summed E-state index contributed by atoms with van der Waals surface area (Å²) in [7, 11) is 0. The highest BCUT2D eigenvalue weighted by Crippen LogP contribution is 2.30. The average Bonchev–Trinajstić information content (AvgIpc) is 3.19. The zero-order valence-electron chi connectivity index (χ0n) is 16.8. The number of hydrogen-bond acceptors (Lipinski definition) is 6. The summed E-state index contributed by atoms with van der Waals surface area (Å²) in [5.74, 6) is 0.608. The number of amides is 2. The average molecular weight is 407 g/mol. The van der Waals surface area contributed by atoms with E-state index in [2.05, 4.69) is 20.9 Å². The van der Waals surface area contributed by atoms with Gasteiger partial charge in [0.05, 0.1) is 12.3 Å².